The molecular formula is C89H172O23. The van der Waals surface area contributed by atoms with Crippen molar-refractivity contribution in [1.29, 1.82) is 0 Å². The van der Waals surface area contributed by atoms with E-state index in [0.717, 1.165) is 109 Å². The molecule has 0 aromatic heterocycles. The normalized spacial score (nSPS) is 14.9. The molecule has 0 bridgehead atoms. The lowest BCUT2D eigenvalue weighted by Crippen LogP contribution is -2.37. The number of carboxylic acids is 1. The molecule has 0 aliphatic heterocycles. The first-order chi connectivity index (χ1) is 51.6. The Morgan fingerprint density at radius 2 is 0.402 bits per heavy atom. The summed E-state index contributed by atoms with van der Waals surface area (Å²) in [6.45, 7) is 61.3. The standard InChI is InChI=1S/3C13H24O2.4C9H18O3.C8H16O3.C6H12O2/c3*1-5-12(3,4)11(14)15-13(6-2)9-7-8-10-13;4*1-5-9(2,3)8(10)12-7-6-11-4;1-4-8(2,3)7(10)11-6-5-9;1-4-6(2,3)5(7)8/h3*5-10H2,1-4H3;4*5-7H2,1-4H3;9H,4-6H2,1-3H3;4H2,1-3H3,(H,7,8). The van der Waals surface area contributed by atoms with Gasteiger partial charge in [0.15, 0.2) is 0 Å². The summed E-state index contributed by atoms with van der Waals surface area (Å²) in [6, 6.07) is 0. The molecule has 23 heteroatoms. The lowest BCUT2D eigenvalue weighted by molar-refractivity contribution is -0.171. The Labute approximate surface area is 682 Å². The number of carbonyl (C=O) groups is 9. The number of esters is 8. The number of hydrogen-bond acceptors (Lipinski definition) is 22. The zero-order chi connectivity index (χ0) is 88.7. The van der Waals surface area contributed by atoms with E-state index in [-0.39, 0.29) is 116 Å². The van der Waals surface area contributed by atoms with Crippen LogP contribution in [0.4, 0.5) is 0 Å². The molecule has 0 radical (unpaired) electrons. The summed E-state index contributed by atoms with van der Waals surface area (Å²) in [7, 11) is 6.33. The molecule has 3 fully saturated rings. The fourth-order valence-corrected chi connectivity index (χ4v) is 8.94. The Kier molecular flexibility index (Phi) is 62.8. The van der Waals surface area contributed by atoms with E-state index in [1.807, 2.05) is 173 Å². The van der Waals surface area contributed by atoms with Gasteiger partial charge < -0.3 is 67.1 Å². The van der Waals surface area contributed by atoms with Gasteiger partial charge in [0.1, 0.15) is 49.8 Å². The van der Waals surface area contributed by atoms with Crippen LogP contribution in [0.1, 0.15) is 362 Å². The minimum atomic E-state index is -0.722. The Morgan fingerprint density at radius 3 is 0.518 bits per heavy atom. The predicted octanol–water partition coefficient (Wildman–Crippen LogP) is 20.0. The second-order valence-corrected chi connectivity index (χ2v) is 35.2. The molecule has 0 unspecified atom stereocenters. The first kappa shape index (κ1) is 118. The van der Waals surface area contributed by atoms with E-state index in [1.54, 1.807) is 42.3 Å². The van der Waals surface area contributed by atoms with Gasteiger partial charge in [-0.25, -0.2) is 0 Å². The first-order valence-corrected chi connectivity index (χ1v) is 42.0. The smallest absolute Gasteiger partial charge is 0.312 e. The molecule has 0 saturated heterocycles. The quantitative estimate of drug-likeness (QED) is 0.0330. The van der Waals surface area contributed by atoms with Crippen molar-refractivity contribution >= 4 is 53.7 Å². The van der Waals surface area contributed by atoms with Gasteiger partial charge in [0, 0.05) is 28.4 Å². The Bertz CT molecular complexity index is 2290. The SMILES string of the molecule is CCC(C)(C)C(=O)O.CCC(C)(C)C(=O)OCCO.CCC(C)(C)C(=O)OCCOC.CCC(C)(C)C(=O)OCCOC.CCC(C)(C)C(=O)OCCOC.CCC(C)(C)C(=O)OCCOC.CCC1(OC(=O)C(C)(C)CC)CCCC1.CCC1(OC(=O)C(C)(C)CC)CCCC1.CCC1(OC(=O)C(C)(C)CC)CCCC1. The Hall–Kier alpha value is -4.97. The second-order valence-electron chi connectivity index (χ2n) is 35.2. The molecule has 3 saturated carbocycles. The summed E-state index contributed by atoms with van der Waals surface area (Å²) >= 11 is 0. The van der Waals surface area contributed by atoms with Crippen LogP contribution in [0.25, 0.3) is 0 Å². The van der Waals surface area contributed by atoms with Crippen LogP contribution in [-0.4, -0.2) is 175 Å². The number of methoxy groups -OCH3 is 4. The third-order valence-electron chi connectivity index (χ3n) is 22.8. The maximum absolute atomic E-state index is 12.0. The van der Waals surface area contributed by atoms with Crippen LogP contribution in [0.15, 0.2) is 0 Å². The molecule has 2 N–H and O–H groups in total. The minimum absolute atomic E-state index is 0.0197. The van der Waals surface area contributed by atoms with Gasteiger partial charge in [-0.05, 0) is 279 Å². The summed E-state index contributed by atoms with van der Waals surface area (Å²) in [6.07, 6.45) is 23.5. The highest BCUT2D eigenvalue weighted by molar-refractivity contribution is 5.79. The largest absolute Gasteiger partial charge is 0.481 e. The topological polar surface area (TPSA) is 305 Å². The molecular weight excluding hydrogens is 1440 g/mol. The highest BCUT2D eigenvalue weighted by Crippen LogP contribution is 2.41. The zero-order valence-corrected chi connectivity index (χ0v) is 78.0. The molecule has 3 aliphatic rings. The van der Waals surface area contributed by atoms with Crippen LogP contribution in [0.5, 0.6) is 0 Å². The van der Waals surface area contributed by atoms with Gasteiger partial charge in [0.25, 0.3) is 0 Å². The summed E-state index contributed by atoms with van der Waals surface area (Å²) in [4.78, 5) is 103. The van der Waals surface area contributed by atoms with Crippen LogP contribution in [0.3, 0.4) is 0 Å². The second kappa shape index (κ2) is 59.7. The number of aliphatic hydroxyl groups is 1. The van der Waals surface area contributed by atoms with Crippen molar-refractivity contribution in [2.45, 2.75) is 379 Å². The van der Waals surface area contributed by atoms with E-state index in [1.165, 1.54) is 38.5 Å². The van der Waals surface area contributed by atoms with Gasteiger partial charge in [-0.2, -0.15) is 0 Å². The number of carbonyl (C=O) groups excluding carboxylic acids is 8. The van der Waals surface area contributed by atoms with Crippen molar-refractivity contribution in [2.75, 3.05) is 94.5 Å². The maximum Gasteiger partial charge on any atom is 0.312 e. The summed E-state index contributed by atoms with van der Waals surface area (Å²) in [5.74, 6) is -1.63. The van der Waals surface area contributed by atoms with Crippen molar-refractivity contribution in [1.82, 2.24) is 0 Å². The number of aliphatic carboxylic acids is 1. The van der Waals surface area contributed by atoms with Crippen molar-refractivity contribution in [3.63, 3.8) is 0 Å². The molecule has 3 aliphatic carbocycles. The zero-order valence-electron chi connectivity index (χ0n) is 78.0. The average Bonchev–Trinajstić information content (AvgIpc) is 1.63. The number of hydrogen-bond donors (Lipinski definition) is 2. The monoisotopic (exact) mass is 1610 g/mol. The number of aliphatic hydroxyl groups excluding tert-OH is 1. The molecule has 112 heavy (non-hydrogen) atoms. The molecule has 0 spiro atoms. The van der Waals surface area contributed by atoms with E-state index < -0.39 is 16.8 Å². The fraction of sp³-hybridized carbons (Fsp3) is 0.899. The fourth-order valence-electron chi connectivity index (χ4n) is 8.94. The van der Waals surface area contributed by atoms with Crippen molar-refractivity contribution in [3.8, 4) is 0 Å². The highest BCUT2D eigenvalue weighted by Gasteiger charge is 2.43. The van der Waals surface area contributed by atoms with Gasteiger partial charge in [-0.3, -0.25) is 43.2 Å². The van der Waals surface area contributed by atoms with Crippen molar-refractivity contribution in [2.24, 2.45) is 48.7 Å². The lowest BCUT2D eigenvalue weighted by Gasteiger charge is -2.32. The number of carboxylic acid groups (broad SMARTS) is 1. The highest BCUT2D eigenvalue weighted by atomic mass is 16.6. The molecule has 3 rings (SSSR count). The molecule has 0 amide bonds. The van der Waals surface area contributed by atoms with E-state index in [0.29, 0.717) is 59.3 Å². The summed E-state index contributed by atoms with van der Waals surface area (Å²) in [5, 5.41) is 16.8. The van der Waals surface area contributed by atoms with Crippen LogP contribution >= 0.6 is 0 Å². The third kappa shape index (κ3) is 49.8. The third-order valence-corrected chi connectivity index (χ3v) is 22.8. The Balaban J connectivity index is -0.000000284. The maximum atomic E-state index is 12.0. The molecule has 23 nitrogen and oxygen atoms in total. The van der Waals surface area contributed by atoms with E-state index in [4.69, 9.17) is 67.1 Å². The van der Waals surface area contributed by atoms with Gasteiger partial charge in [-0.15, -0.1) is 0 Å². The van der Waals surface area contributed by atoms with Gasteiger partial charge in [0.2, 0.25) is 0 Å². The van der Waals surface area contributed by atoms with Gasteiger partial charge in [-0.1, -0.05) is 83.1 Å². The molecule has 0 aromatic carbocycles. The molecule has 666 valence electrons. The number of rotatable bonds is 38. The van der Waals surface area contributed by atoms with Crippen molar-refractivity contribution in [3.05, 3.63) is 0 Å². The number of ether oxygens (including phenoxy) is 12. The van der Waals surface area contributed by atoms with E-state index in [9.17, 15) is 43.2 Å². The van der Waals surface area contributed by atoms with Crippen LogP contribution in [0.2, 0.25) is 0 Å². The Morgan fingerprint density at radius 1 is 0.250 bits per heavy atom. The van der Waals surface area contributed by atoms with E-state index in [2.05, 4.69) is 20.8 Å². The van der Waals surface area contributed by atoms with Gasteiger partial charge in [0.05, 0.1) is 81.8 Å². The van der Waals surface area contributed by atoms with Crippen LogP contribution in [0, 0.1) is 48.7 Å². The minimum Gasteiger partial charge on any atom is -0.481 e. The van der Waals surface area contributed by atoms with E-state index >= 15 is 0 Å². The average molecular weight is 1610 g/mol. The predicted molar refractivity (Wildman–Crippen MR) is 446 cm³/mol. The molecule has 0 aromatic rings. The molecule has 0 atom stereocenters. The lowest BCUT2D eigenvalue weighted by atomic mass is 9.89. The summed E-state index contributed by atoms with van der Waals surface area (Å²) < 4.78 is 61.0. The van der Waals surface area contributed by atoms with Crippen LogP contribution < -0.4 is 0 Å². The molecule has 0 heterocycles. The van der Waals surface area contributed by atoms with Crippen molar-refractivity contribution < 1.29 is 110 Å². The van der Waals surface area contributed by atoms with Gasteiger partial charge >= 0.3 is 53.7 Å². The van der Waals surface area contributed by atoms with Crippen LogP contribution in [-0.2, 0) is 100.0 Å². The first-order valence-electron chi connectivity index (χ1n) is 42.0. The summed E-state index contributed by atoms with van der Waals surface area (Å²) in [5.41, 5.74) is -3.82.